The Morgan fingerprint density at radius 1 is 1.09 bits per heavy atom. The van der Waals surface area contributed by atoms with E-state index in [0.29, 0.717) is 30.8 Å². The fourth-order valence-corrected chi connectivity index (χ4v) is 4.16. The highest BCUT2D eigenvalue weighted by Gasteiger charge is 2.24. The van der Waals surface area contributed by atoms with Gasteiger partial charge in [-0.25, -0.2) is 8.42 Å². The highest BCUT2D eigenvalue weighted by atomic mass is 32.2. The Bertz CT molecular complexity index is 588. The number of hydrogen-bond donors (Lipinski definition) is 1. The third kappa shape index (κ3) is 4.30. The minimum absolute atomic E-state index is 0.0127. The van der Waals surface area contributed by atoms with Gasteiger partial charge in [0.25, 0.3) is 0 Å². The number of carbonyl (C=O) groups excluding carboxylic acids is 1. The number of amides is 1. The third-order valence-corrected chi connectivity index (χ3v) is 5.96. The van der Waals surface area contributed by atoms with Crippen LogP contribution in [0.25, 0.3) is 0 Å². The number of rotatable bonds is 5. The number of carbonyl (C=O) groups is 1. The third-order valence-electron chi connectivity index (χ3n) is 4.05. The molecular formula is C16H24N2O3S. The van der Waals surface area contributed by atoms with Crippen molar-refractivity contribution in [2.24, 2.45) is 0 Å². The lowest BCUT2D eigenvalue weighted by Gasteiger charge is -2.20. The Hall–Kier alpha value is -1.40. The van der Waals surface area contributed by atoms with Gasteiger partial charge in [0.05, 0.1) is 4.90 Å². The van der Waals surface area contributed by atoms with Crippen molar-refractivity contribution in [2.75, 3.05) is 20.1 Å². The highest BCUT2D eigenvalue weighted by Crippen LogP contribution is 2.20. The second kappa shape index (κ2) is 7.74. The van der Waals surface area contributed by atoms with Crippen LogP contribution in [0.4, 0.5) is 0 Å². The number of hydrogen-bond acceptors (Lipinski definition) is 3. The van der Waals surface area contributed by atoms with Crippen molar-refractivity contribution in [3.05, 3.63) is 29.8 Å². The van der Waals surface area contributed by atoms with Crippen molar-refractivity contribution in [2.45, 2.75) is 43.4 Å². The molecule has 1 saturated heterocycles. The zero-order chi connectivity index (χ0) is 16.0. The minimum Gasteiger partial charge on any atom is -0.359 e. The summed E-state index contributed by atoms with van der Waals surface area (Å²) in [6.45, 7) is 1.22. The van der Waals surface area contributed by atoms with Crippen molar-refractivity contribution < 1.29 is 13.2 Å². The molecule has 0 radical (unpaired) electrons. The summed E-state index contributed by atoms with van der Waals surface area (Å²) in [5, 5.41) is 2.58. The fourth-order valence-electron chi connectivity index (χ4n) is 2.64. The van der Waals surface area contributed by atoms with Crippen LogP contribution < -0.4 is 5.32 Å². The molecule has 0 unspecified atom stereocenters. The van der Waals surface area contributed by atoms with E-state index < -0.39 is 10.0 Å². The number of nitrogens with one attached hydrogen (secondary N) is 1. The van der Waals surface area contributed by atoms with E-state index in [0.717, 1.165) is 31.2 Å². The van der Waals surface area contributed by atoms with E-state index in [1.54, 1.807) is 35.6 Å². The van der Waals surface area contributed by atoms with E-state index in [9.17, 15) is 13.2 Å². The molecule has 0 bridgehead atoms. The van der Waals surface area contributed by atoms with Gasteiger partial charge < -0.3 is 5.32 Å². The molecule has 0 aromatic heterocycles. The maximum absolute atomic E-state index is 12.6. The molecule has 0 spiro atoms. The molecule has 1 amide bonds. The summed E-state index contributed by atoms with van der Waals surface area (Å²) in [5.41, 5.74) is 0.971. The standard InChI is InChI=1S/C16H24N2O3S/c1-17-16(19)11-8-14-6-9-15(10-7-14)22(20,21)18-12-4-2-3-5-13-18/h6-7,9-10H,2-5,8,11-13H2,1H3,(H,17,19). The van der Waals surface area contributed by atoms with Crippen molar-refractivity contribution in [3.8, 4) is 0 Å². The minimum atomic E-state index is -3.38. The van der Waals surface area contributed by atoms with Gasteiger partial charge in [0, 0.05) is 26.6 Å². The predicted molar refractivity (Wildman–Crippen MR) is 86.1 cm³/mol. The lowest BCUT2D eigenvalue weighted by molar-refractivity contribution is -0.120. The van der Waals surface area contributed by atoms with Gasteiger partial charge in [-0.15, -0.1) is 0 Å². The topological polar surface area (TPSA) is 66.5 Å². The number of nitrogens with zero attached hydrogens (tertiary/aromatic N) is 1. The number of benzene rings is 1. The summed E-state index contributed by atoms with van der Waals surface area (Å²) >= 11 is 0. The smallest absolute Gasteiger partial charge is 0.243 e. The number of aryl methyl sites for hydroxylation is 1. The van der Waals surface area contributed by atoms with Crippen molar-refractivity contribution >= 4 is 15.9 Å². The highest BCUT2D eigenvalue weighted by molar-refractivity contribution is 7.89. The summed E-state index contributed by atoms with van der Waals surface area (Å²) in [7, 11) is -1.77. The average Bonchev–Trinajstić information content (AvgIpc) is 2.82. The number of sulfonamides is 1. The Morgan fingerprint density at radius 3 is 2.23 bits per heavy atom. The lowest BCUT2D eigenvalue weighted by Crippen LogP contribution is -2.31. The van der Waals surface area contributed by atoms with Gasteiger partial charge in [-0.1, -0.05) is 25.0 Å². The Labute approximate surface area is 132 Å². The molecule has 1 aromatic carbocycles. The first-order chi connectivity index (χ1) is 10.5. The molecule has 6 heteroatoms. The Kier molecular flexibility index (Phi) is 5.97. The first kappa shape index (κ1) is 17.0. The van der Waals surface area contributed by atoms with Crippen molar-refractivity contribution in [1.29, 1.82) is 0 Å². The maximum Gasteiger partial charge on any atom is 0.243 e. The van der Waals surface area contributed by atoms with Crippen LogP contribution in [-0.4, -0.2) is 38.8 Å². The summed E-state index contributed by atoms with van der Waals surface area (Å²) < 4.78 is 26.8. The van der Waals surface area contributed by atoms with Crippen molar-refractivity contribution in [3.63, 3.8) is 0 Å². The molecule has 1 aliphatic heterocycles. The van der Waals surface area contributed by atoms with Gasteiger partial charge in [0.1, 0.15) is 0 Å². The Balaban J connectivity index is 2.06. The van der Waals surface area contributed by atoms with Crippen LogP contribution in [0, 0.1) is 0 Å². The van der Waals surface area contributed by atoms with Crippen LogP contribution in [0.15, 0.2) is 29.2 Å². The van der Waals surface area contributed by atoms with Crippen LogP contribution in [0.3, 0.4) is 0 Å². The molecule has 2 rings (SSSR count). The van der Waals surface area contributed by atoms with Gasteiger partial charge in [0.2, 0.25) is 15.9 Å². The fraction of sp³-hybridized carbons (Fsp3) is 0.562. The Morgan fingerprint density at radius 2 is 1.68 bits per heavy atom. The second-order valence-corrected chi connectivity index (χ2v) is 7.57. The maximum atomic E-state index is 12.6. The molecule has 122 valence electrons. The predicted octanol–water partition coefficient (Wildman–Crippen LogP) is 1.93. The SMILES string of the molecule is CNC(=O)CCc1ccc(S(=O)(=O)N2CCCCCC2)cc1. The van der Waals surface area contributed by atoms with Crippen LogP contribution in [0.2, 0.25) is 0 Å². The molecule has 22 heavy (non-hydrogen) atoms. The summed E-state index contributed by atoms with van der Waals surface area (Å²) in [6, 6.07) is 6.90. The normalized spacial score (nSPS) is 17.0. The van der Waals surface area contributed by atoms with E-state index in [2.05, 4.69) is 5.32 Å². The second-order valence-electron chi connectivity index (χ2n) is 5.64. The van der Waals surface area contributed by atoms with E-state index in [1.807, 2.05) is 0 Å². The molecule has 5 nitrogen and oxygen atoms in total. The van der Waals surface area contributed by atoms with E-state index >= 15 is 0 Å². The molecule has 0 atom stereocenters. The van der Waals surface area contributed by atoms with E-state index in [4.69, 9.17) is 0 Å². The lowest BCUT2D eigenvalue weighted by atomic mass is 10.1. The van der Waals surface area contributed by atoms with Gasteiger partial charge in [-0.3, -0.25) is 4.79 Å². The zero-order valence-electron chi connectivity index (χ0n) is 13.0. The quantitative estimate of drug-likeness (QED) is 0.900. The van der Waals surface area contributed by atoms with Crippen LogP contribution >= 0.6 is 0 Å². The summed E-state index contributed by atoms with van der Waals surface area (Å²) in [5.74, 6) is -0.0127. The van der Waals surface area contributed by atoms with E-state index in [-0.39, 0.29) is 5.91 Å². The summed E-state index contributed by atoms with van der Waals surface area (Å²) in [4.78, 5) is 11.6. The van der Waals surface area contributed by atoms with Gasteiger partial charge in [0.15, 0.2) is 0 Å². The summed E-state index contributed by atoms with van der Waals surface area (Å²) in [6.07, 6.45) is 5.10. The molecule has 1 aliphatic rings. The first-order valence-electron chi connectivity index (χ1n) is 7.84. The molecule has 0 aliphatic carbocycles. The monoisotopic (exact) mass is 324 g/mol. The first-order valence-corrected chi connectivity index (χ1v) is 9.28. The molecular weight excluding hydrogens is 300 g/mol. The molecule has 0 saturated carbocycles. The zero-order valence-corrected chi connectivity index (χ0v) is 13.9. The van der Waals surface area contributed by atoms with E-state index in [1.165, 1.54) is 0 Å². The van der Waals surface area contributed by atoms with Crippen LogP contribution in [0.1, 0.15) is 37.7 Å². The van der Waals surface area contributed by atoms with Crippen LogP contribution in [-0.2, 0) is 21.2 Å². The molecule has 1 N–H and O–H groups in total. The van der Waals surface area contributed by atoms with Crippen molar-refractivity contribution in [1.82, 2.24) is 9.62 Å². The molecule has 1 aromatic rings. The van der Waals surface area contributed by atoms with Gasteiger partial charge in [-0.2, -0.15) is 4.31 Å². The van der Waals surface area contributed by atoms with Crippen LogP contribution in [0.5, 0.6) is 0 Å². The van der Waals surface area contributed by atoms with Gasteiger partial charge >= 0.3 is 0 Å². The van der Waals surface area contributed by atoms with Gasteiger partial charge in [-0.05, 0) is 37.0 Å². The largest absolute Gasteiger partial charge is 0.359 e. The molecule has 1 heterocycles. The average molecular weight is 324 g/mol. The molecule has 1 fully saturated rings.